The number of nitrogens with zero attached hydrogens (tertiary/aromatic N) is 4. The maximum absolute atomic E-state index is 11.9. The van der Waals surface area contributed by atoms with Crippen LogP contribution in [-0.4, -0.2) is 46.7 Å². The number of nitrogens with one attached hydrogen (secondary N) is 1. The first-order valence-electron chi connectivity index (χ1n) is 9.72. The Labute approximate surface area is 152 Å². The Morgan fingerprint density at radius 2 is 1.73 bits per heavy atom. The molecule has 140 valence electrons. The van der Waals surface area contributed by atoms with E-state index < -0.39 is 0 Å². The van der Waals surface area contributed by atoms with Crippen molar-refractivity contribution in [2.75, 3.05) is 36.5 Å². The molecule has 5 fully saturated rings. The zero-order valence-corrected chi connectivity index (χ0v) is 14.9. The Bertz CT molecular complexity index is 683. The molecule has 1 aromatic rings. The monoisotopic (exact) mass is 359 g/mol. The van der Waals surface area contributed by atoms with Crippen LogP contribution in [0.2, 0.25) is 0 Å². The quantitative estimate of drug-likeness (QED) is 0.652. The van der Waals surface area contributed by atoms with Crippen LogP contribution in [-0.2, 0) is 4.74 Å². The van der Waals surface area contributed by atoms with Crippen molar-refractivity contribution in [3.8, 4) is 0 Å². The van der Waals surface area contributed by atoms with Gasteiger partial charge in [-0.2, -0.15) is 0 Å². The summed E-state index contributed by atoms with van der Waals surface area (Å²) < 4.78 is 5.37. The smallest absolute Gasteiger partial charge is 0.353 e. The van der Waals surface area contributed by atoms with Gasteiger partial charge >= 0.3 is 5.69 Å². The molecule has 5 aliphatic rings. The normalized spacial score (nSPS) is 35.5. The van der Waals surface area contributed by atoms with Crippen LogP contribution in [0.4, 0.5) is 17.3 Å². The van der Waals surface area contributed by atoms with Crippen molar-refractivity contribution in [3.63, 3.8) is 0 Å². The van der Waals surface area contributed by atoms with Gasteiger partial charge < -0.3 is 15.0 Å². The second kappa shape index (κ2) is 6.04. The Balaban J connectivity index is 1.48. The molecule has 0 aromatic carbocycles. The number of hydrogen-bond acceptors (Lipinski definition) is 7. The first-order valence-corrected chi connectivity index (χ1v) is 9.72. The van der Waals surface area contributed by atoms with Gasteiger partial charge in [-0.05, 0) is 56.3 Å². The van der Waals surface area contributed by atoms with Crippen LogP contribution in [0.5, 0.6) is 0 Å². The lowest BCUT2D eigenvalue weighted by molar-refractivity contribution is -0.383. The van der Waals surface area contributed by atoms with E-state index in [0.29, 0.717) is 37.9 Å². The van der Waals surface area contributed by atoms with E-state index in [1.807, 2.05) is 4.90 Å². The van der Waals surface area contributed by atoms with Crippen molar-refractivity contribution in [1.82, 2.24) is 9.97 Å². The fourth-order valence-electron chi connectivity index (χ4n) is 6.15. The number of anilines is 2. The van der Waals surface area contributed by atoms with Gasteiger partial charge in [0, 0.05) is 18.6 Å². The second-order valence-corrected chi connectivity index (χ2v) is 8.57. The molecule has 0 unspecified atom stereocenters. The van der Waals surface area contributed by atoms with Crippen LogP contribution in [0.15, 0.2) is 6.33 Å². The van der Waals surface area contributed by atoms with Crippen molar-refractivity contribution in [2.45, 2.75) is 44.1 Å². The fourth-order valence-corrected chi connectivity index (χ4v) is 6.15. The highest BCUT2D eigenvalue weighted by Crippen LogP contribution is 2.57. The van der Waals surface area contributed by atoms with E-state index in [9.17, 15) is 10.1 Å². The molecule has 0 atom stereocenters. The minimum Gasteiger partial charge on any atom is -0.378 e. The summed E-state index contributed by atoms with van der Waals surface area (Å²) in [5.74, 6) is 3.13. The highest BCUT2D eigenvalue weighted by Gasteiger charge is 2.51. The predicted octanol–water partition coefficient (Wildman–Crippen LogP) is 2.60. The third kappa shape index (κ3) is 2.71. The average molecular weight is 359 g/mol. The Kier molecular flexibility index (Phi) is 3.77. The van der Waals surface area contributed by atoms with Crippen LogP contribution in [0.1, 0.15) is 38.5 Å². The van der Waals surface area contributed by atoms with E-state index in [1.165, 1.54) is 25.6 Å². The van der Waals surface area contributed by atoms with Crippen molar-refractivity contribution in [1.29, 1.82) is 0 Å². The van der Waals surface area contributed by atoms with Crippen LogP contribution in [0.25, 0.3) is 0 Å². The SMILES string of the molecule is O=[N+]([O-])c1c(NC23CC4CC(CC(C4)C2)C3)ncnc1N1CCOCC1. The van der Waals surface area contributed by atoms with Crippen LogP contribution in [0.3, 0.4) is 0 Å². The van der Waals surface area contributed by atoms with E-state index in [-0.39, 0.29) is 16.1 Å². The van der Waals surface area contributed by atoms with Gasteiger partial charge in [0.2, 0.25) is 11.6 Å². The molecule has 1 aliphatic heterocycles. The highest BCUT2D eigenvalue weighted by atomic mass is 16.6. The molecule has 2 heterocycles. The standard InChI is InChI=1S/C18H25N5O3/c24-23(25)15-16(19-11-20-17(15)22-1-3-26-4-2-22)21-18-8-12-5-13(9-18)7-14(6-12)10-18/h11-14H,1-10H2,(H,19,20,21). The molecule has 1 aromatic heterocycles. The molecule has 4 aliphatic carbocycles. The van der Waals surface area contributed by atoms with E-state index in [4.69, 9.17) is 4.74 Å². The Morgan fingerprint density at radius 3 is 2.31 bits per heavy atom. The maximum Gasteiger partial charge on any atom is 0.353 e. The van der Waals surface area contributed by atoms with Gasteiger partial charge in [-0.3, -0.25) is 10.1 Å². The fraction of sp³-hybridized carbons (Fsp3) is 0.778. The van der Waals surface area contributed by atoms with E-state index in [1.54, 1.807) is 0 Å². The molecule has 0 radical (unpaired) electrons. The van der Waals surface area contributed by atoms with Crippen LogP contribution in [0, 0.1) is 27.9 Å². The van der Waals surface area contributed by atoms with Gasteiger partial charge in [0.25, 0.3) is 0 Å². The molecule has 6 rings (SSSR count). The summed E-state index contributed by atoms with van der Waals surface area (Å²) in [6.45, 7) is 2.38. The van der Waals surface area contributed by atoms with E-state index >= 15 is 0 Å². The van der Waals surface area contributed by atoms with Gasteiger partial charge in [0.1, 0.15) is 6.33 Å². The summed E-state index contributed by atoms with van der Waals surface area (Å²) in [4.78, 5) is 22.1. The van der Waals surface area contributed by atoms with Crippen molar-refractivity contribution >= 4 is 17.3 Å². The van der Waals surface area contributed by atoms with Gasteiger partial charge in [-0.25, -0.2) is 9.97 Å². The van der Waals surface area contributed by atoms with Gasteiger partial charge in [-0.1, -0.05) is 0 Å². The third-order valence-electron chi connectivity index (χ3n) is 6.72. The zero-order chi connectivity index (χ0) is 17.7. The molecule has 8 heteroatoms. The third-order valence-corrected chi connectivity index (χ3v) is 6.72. The summed E-state index contributed by atoms with van der Waals surface area (Å²) >= 11 is 0. The molecule has 0 amide bonds. The lowest BCUT2D eigenvalue weighted by Crippen LogP contribution is -2.55. The van der Waals surface area contributed by atoms with Gasteiger partial charge in [0.15, 0.2) is 0 Å². The number of nitro groups is 1. The van der Waals surface area contributed by atoms with Crippen molar-refractivity contribution in [3.05, 3.63) is 16.4 Å². The number of rotatable bonds is 4. The molecule has 4 saturated carbocycles. The molecular formula is C18H25N5O3. The molecule has 1 saturated heterocycles. The van der Waals surface area contributed by atoms with Crippen LogP contribution < -0.4 is 10.2 Å². The molecule has 4 bridgehead atoms. The Hall–Kier alpha value is -1.96. The van der Waals surface area contributed by atoms with Crippen molar-refractivity contribution in [2.24, 2.45) is 17.8 Å². The van der Waals surface area contributed by atoms with Gasteiger partial charge in [0.05, 0.1) is 18.1 Å². The zero-order valence-electron chi connectivity index (χ0n) is 14.9. The molecule has 8 nitrogen and oxygen atoms in total. The topological polar surface area (TPSA) is 93.4 Å². The number of morpholine rings is 1. The predicted molar refractivity (Wildman–Crippen MR) is 96.2 cm³/mol. The largest absolute Gasteiger partial charge is 0.378 e. The minimum absolute atomic E-state index is 0.0177. The summed E-state index contributed by atoms with van der Waals surface area (Å²) in [6, 6.07) is 0. The summed E-state index contributed by atoms with van der Waals surface area (Å²) in [5.41, 5.74) is 0.000938. The minimum atomic E-state index is -0.326. The molecular weight excluding hydrogens is 334 g/mol. The number of aromatic nitrogens is 2. The number of hydrogen-bond donors (Lipinski definition) is 1. The summed E-state index contributed by atoms with van der Waals surface area (Å²) in [5, 5.41) is 15.5. The van der Waals surface area contributed by atoms with Gasteiger partial charge in [-0.15, -0.1) is 0 Å². The second-order valence-electron chi connectivity index (χ2n) is 8.57. The summed E-state index contributed by atoms with van der Waals surface area (Å²) in [7, 11) is 0. The van der Waals surface area contributed by atoms with E-state index in [2.05, 4.69) is 15.3 Å². The number of ether oxygens (including phenoxy) is 1. The highest BCUT2D eigenvalue weighted by molar-refractivity contribution is 5.71. The first-order chi connectivity index (χ1) is 12.6. The maximum atomic E-state index is 11.9. The van der Waals surface area contributed by atoms with Crippen molar-refractivity contribution < 1.29 is 9.66 Å². The lowest BCUT2D eigenvalue weighted by atomic mass is 9.53. The summed E-state index contributed by atoms with van der Waals surface area (Å²) in [6.07, 6.45) is 8.83. The molecule has 26 heavy (non-hydrogen) atoms. The average Bonchev–Trinajstić information content (AvgIpc) is 2.60. The molecule has 0 spiro atoms. The van der Waals surface area contributed by atoms with Crippen LogP contribution >= 0.6 is 0 Å². The molecule has 1 N–H and O–H groups in total. The lowest BCUT2D eigenvalue weighted by Gasteiger charge is -2.57. The first kappa shape index (κ1) is 16.2. The van der Waals surface area contributed by atoms with E-state index in [0.717, 1.165) is 37.0 Å². The Morgan fingerprint density at radius 1 is 1.12 bits per heavy atom.